The summed E-state index contributed by atoms with van der Waals surface area (Å²) in [5.74, 6) is -0.325. The van der Waals surface area contributed by atoms with Crippen LogP contribution in [-0.2, 0) is 11.3 Å². The van der Waals surface area contributed by atoms with Crippen LogP contribution < -0.4 is 15.4 Å². The number of alkyl halides is 3. The second-order valence-electron chi connectivity index (χ2n) is 9.24. The highest BCUT2D eigenvalue weighted by Gasteiger charge is 2.51. The number of hydrogen-bond donors (Lipinski definition) is 0. The van der Waals surface area contributed by atoms with Crippen LogP contribution in [0.25, 0.3) is 0 Å². The number of carbonyl (C=O) groups excluding carboxylic acids is 1. The smallest absolute Gasteiger partial charge is 0.374 e. The molecular formula is C22H24F3N5O3. The van der Waals surface area contributed by atoms with Gasteiger partial charge in [0.15, 0.2) is 5.78 Å². The number of ether oxygens (including phenoxy) is 1. The van der Waals surface area contributed by atoms with Gasteiger partial charge in [-0.25, -0.2) is 0 Å². The van der Waals surface area contributed by atoms with Crippen LogP contribution in [0.1, 0.15) is 35.7 Å². The predicted octanol–water partition coefficient (Wildman–Crippen LogP) is 2.34. The number of carbonyl (C=O) groups is 1. The van der Waals surface area contributed by atoms with Gasteiger partial charge in [-0.2, -0.15) is 18.2 Å². The van der Waals surface area contributed by atoms with E-state index in [1.165, 1.54) is 23.0 Å². The number of halogens is 3. The summed E-state index contributed by atoms with van der Waals surface area (Å²) in [6, 6.07) is 1.08. The third-order valence-electron chi connectivity index (χ3n) is 6.88. The third kappa shape index (κ3) is 3.68. The molecule has 2 aromatic rings. The lowest BCUT2D eigenvalue weighted by Crippen LogP contribution is -2.54. The van der Waals surface area contributed by atoms with Gasteiger partial charge in [0.1, 0.15) is 11.9 Å². The summed E-state index contributed by atoms with van der Waals surface area (Å²) in [7, 11) is 0. The number of aryl methyl sites for hydroxylation is 1. The van der Waals surface area contributed by atoms with Crippen LogP contribution in [0.4, 0.5) is 24.9 Å². The number of Topliss-reactive ketones (excluding diaryl/α,β-unsaturated/α-hetero) is 1. The van der Waals surface area contributed by atoms with E-state index >= 15 is 0 Å². The fourth-order valence-electron chi connectivity index (χ4n) is 5.12. The zero-order valence-corrected chi connectivity index (χ0v) is 18.3. The van der Waals surface area contributed by atoms with E-state index in [1.54, 1.807) is 13.0 Å². The average molecular weight is 463 g/mol. The lowest BCUT2D eigenvalue weighted by atomic mass is 10.0. The molecule has 8 nitrogen and oxygen atoms in total. The van der Waals surface area contributed by atoms with Gasteiger partial charge in [-0.15, -0.1) is 0 Å². The Morgan fingerprint density at radius 2 is 2.15 bits per heavy atom. The molecule has 3 aliphatic heterocycles. The monoisotopic (exact) mass is 463 g/mol. The van der Waals surface area contributed by atoms with E-state index in [-0.39, 0.29) is 36.1 Å². The molecule has 1 unspecified atom stereocenters. The minimum absolute atomic E-state index is 0.00440. The molecule has 0 saturated carbocycles. The van der Waals surface area contributed by atoms with Crippen molar-refractivity contribution in [3.63, 3.8) is 0 Å². The Bertz CT molecular complexity index is 1170. The normalized spacial score (nSPS) is 26.6. The number of ketones is 1. The Kier molecular flexibility index (Phi) is 5.00. The average Bonchev–Trinajstić information content (AvgIpc) is 3.29. The van der Waals surface area contributed by atoms with Crippen LogP contribution in [0.2, 0.25) is 0 Å². The van der Waals surface area contributed by atoms with E-state index in [0.717, 1.165) is 11.3 Å². The first kappa shape index (κ1) is 21.9. The van der Waals surface area contributed by atoms with E-state index in [9.17, 15) is 22.8 Å². The van der Waals surface area contributed by atoms with E-state index in [0.29, 0.717) is 24.5 Å². The first-order valence-electron chi connectivity index (χ1n) is 10.9. The lowest BCUT2D eigenvalue weighted by Gasteiger charge is -2.40. The van der Waals surface area contributed by atoms with Gasteiger partial charge in [-0.3, -0.25) is 19.1 Å². The number of fused-ring (bicyclic) bond motifs is 3. The highest BCUT2D eigenvalue weighted by Crippen LogP contribution is 2.41. The first-order chi connectivity index (χ1) is 15.6. The molecule has 176 valence electrons. The molecule has 0 aliphatic carbocycles. The van der Waals surface area contributed by atoms with Crippen LogP contribution in [0, 0.1) is 6.92 Å². The zero-order valence-electron chi connectivity index (χ0n) is 18.3. The minimum Gasteiger partial charge on any atom is -0.374 e. The van der Waals surface area contributed by atoms with Gasteiger partial charge in [-0.1, -0.05) is 0 Å². The SMILES string of the molecule is Cc1ccncc1C(=O)CN1c2nc(N3C[C@@H]4CC3(C)CO4)cc(=O)n2CC[C@H]1C(F)(F)F. The summed E-state index contributed by atoms with van der Waals surface area (Å²) in [5.41, 5.74) is 0.0679. The van der Waals surface area contributed by atoms with Crippen LogP contribution in [0.5, 0.6) is 0 Å². The zero-order chi connectivity index (χ0) is 23.5. The van der Waals surface area contributed by atoms with Crippen molar-refractivity contribution in [3.05, 3.63) is 46.0 Å². The number of pyridine rings is 1. The topological polar surface area (TPSA) is 80.6 Å². The van der Waals surface area contributed by atoms with Crippen molar-refractivity contribution in [1.82, 2.24) is 14.5 Å². The number of morpholine rings is 1. The molecule has 0 spiro atoms. The molecular weight excluding hydrogens is 439 g/mol. The summed E-state index contributed by atoms with van der Waals surface area (Å²) < 4.78 is 48.9. The molecule has 0 amide bonds. The summed E-state index contributed by atoms with van der Waals surface area (Å²) in [4.78, 5) is 37.3. The molecule has 5 rings (SSSR count). The number of rotatable bonds is 4. The van der Waals surface area contributed by atoms with Gasteiger partial charge in [0.05, 0.1) is 24.8 Å². The molecule has 0 N–H and O–H groups in total. The van der Waals surface area contributed by atoms with E-state index in [1.807, 2.05) is 11.8 Å². The largest absolute Gasteiger partial charge is 0.408 e. The molecule has 2 saturated heterocycles. The molecule has 11 heteroatoms. The Labute approximate surface area is 188 Å². The van der Waals surface area contributed by atoms with Gasteiger partial charge >= 0.3 is 6.18 Å². The molecule has 2 aromatic heterocycles. The molecule has 0 aromatic carbocycles. The quantitative estimate of drug-likeness (QED) is 0.644. The molecule has 3 aliphatic rings. The van der Waals surface area contributed by atoms with Crippen molar-refractivity contribution in [2.45, 2.75) is 57.1 Å². The molecule has 5 heterocycles. The highest BCUT2D eigenvalue weighted by molar-refractivity contribution is 6.00. The van der Waals surface area contributed by atoms with Crippen LogP contribution in [0.15, 0.2) is 29.3 Å². The molecule has 2 bridgehead atoms. The first-order valence-corrected chi connectivity index (χ1v) is 10.9. The van der Waals surface area contributed by atoms with Gasteiger partial charge in [0.25, 0.3) is 5.56 Å². The van der Waals surface area contributed by atoms with Gasteiger partial charge in [0, 0.05) is 43.5 Å². The second-order valence-corrected chi connectivity index (χ2v) is 9.24. The second kappa shape index (κ2) is 7.54. The molecule has 33 heavy (non-hydrogen) atoms. The Morgan fingerprint density at radius 1 is 1.36 bits per heavy atom. The van der Waals surface area contributed by atoms with E-state index in [4.69, 9.17) is 4.74 Å². The fraction of sp³-hybridized carbons (Fsp3) is 0.545. The summed E-state index contributed by atoms with van der Waals surface area (Å²) in [6.07, 6.45) is -1.29. The van der Waals surface area contributed by atoms with Crippen LogP contribution in [0.3, 0.4) is 0 Å². The van der Waals surface area contributed by atoms with Gasteiger partial charge in [0.2, 0.25) is 5.95 Å². The standard InChI is InChI=1S/C22H24F3N5O3/c1-13-3-5-26-9-15(13)16(31)11-29-17(22(23,24)25)4-6-28-19(32)7-18(27-20(28)29)30-10-14-8-21(30,2)12-33-14/h3,5,7,9,14,17H,4,6,8,10-12H2,1-2H3/t14-,17-,21?/m0/s1. The minimum atomic E-state index is -4.59. The van der Waals surface area contributed by atoms with Gasteiger partial charge in [-0.05, 0) is 31.9 Å². The van der Waals surface area contributed by atoms with Crippen molar-refractivity contribution >= 4 is 17.5 Å². The van der Waals surface area contributed by atoms with Crippen molar-refractivity contribution in [3.8, 4) is 0 Å². The number of anilines is 2. The number of nitrogens with zero attached hydrogens (tertiary/aromatic N) is 5. The number of hydrogen-bond acceptors (Lipinski definition) is 7. The van der Waals surface area contributed by atoms with E-state index in [2.05, 4.69) is 9.97 Å². The van der Waals surface area contributed by atoms with E-state index < -0.39 is 30.1 Å². The maximum atomic E-state index is 14.0. The lowest BCUT2D eigenvalue weighted by molar-refractivity contribution is -0.152. The Morgan fingerprint density at radius 3 is 2.79 bits per heavy atom. The maximum absolute atomic E-state index is 14.0. The van der Waals surface area contributed by atoms with Crippen molar-refractivity contribution in [2.75, 3.05) is 29.5 Å². The Balaban J connectivity index is 1.57. The molecule has 0 radical (unpaired) electrons. The van der Waals surface area contributed by atoms with Crippen LogP contribution in [-0.4, -0.2) is 63.9 Å². The van der Waals surface area contributed by atoms with Crippen LogP contribution >= 0.6 is 0 Å². The summed E-state index contributed by atoms with van der Waals surface area (Å²) >= 11 is 0. The highest BCUT2D eigenvalue weighted by atomic mass is 19.4. The maximum Gasteiger partial charge on any atom is 0.408 e. The third-order valence-corrected chi connectivity index (χ3v) is 6.88. The van der Waals surface area contributed by atoms with Crippen molar-refractivity contribution < 1.29 is 22.7 Å². The number of aromatic nitrogens is 3. The Hall–Kier alpha value is -2.95. The fourth-order valence-corrected chi connectivity index (χ4v) is 5.12. The van der Waals surface area contributed by atoms with Gasteiger partial charge < -0.3 is 14.5 Å². The summed E-state index contributed by atoms with van der Waals surface area (Å²) in [6.45, 7) is 3.99. The summed E-state index contributed by atoms with van der Waals surface area (Å²) in [5, 5.41) is 0. The molecule has 3 atom stereocenters. The van der Waals surface area contributed by atoms with Crippen molar-refractivity contribution in [1.29, 1.82) is 0 Å². The van der Waals surface area contributed by atoms with Crippen molar-refractivity contribution in [2.24, 2.45) is 0 Å². The molecule has 2 fully saturated rings. The predicted molar refractivity (Wildman–Crippen MR) is 114 cm³/mol.